The zero-order valence-electron chi connectivity index (χ0n) is 11.1. The Hall–Kier alpha value is -2.22. The summed E-state index contributed by atoms with van der Waals surface area (Å²) < 4.78 is 32.7. The molecule has 0 radical (unpaired) electrons. The molecule has 1 aliphatic rings. The van der Waals surface area contributed by atoms with E-state index >= 15 is 0 Å². The third-order valence-electron chi connectivity index (χ3n) is 3.45. The van der Waals surface area contributed by atoms with Gasteiger partial charge in [-0.3, -0.25) is 9.20 Å². The van der Waals surface area contributed by atoms with Gasteiger partial charge in [0.25, 0.3) is 12.3 Å². The van der Waals surface area contributed by atoms with E-state index in [1.807, 2.05) is 4.90 Å². The molecule has 0 unspecified atom stereocenters. The van der Waals surface area contributed by atoms with Crippen LogP contribution in [0.2, 0.25) is 0 Å². The van der Waals surface area contributed by atoms with Crippen molar-refractivity contribution < 1.29 is 18.3 Å². The number of carbonyl (C=O) groups is 1. The maximum atomic E-state index is 13.1. The number of halogens is 2. The van der Waals surface area contributed by atoms with E-state index in [1.54, 1.807) is 18.3 Å². The Kier molecular flexibility index (Phi) is 3.46. The number of hydrogen-bond donors (Lipinski definition) is 1. The number of nitrogens with zero attached hydrogens (tertiary/aromatic N) is 3. The topological polar surface area (TPSA) is 72.9 Å². The first-order valence-electron chi connectivity index (χ1n) is 6.50. The Morgan fingerprint density at radius 2 is 2.05 bits per heavy atom. The molecule has 1 fully saturated rings. The summed E-state index contributed by atoms with van der Waals surface area (Å²) in [6.45, 7) is 2.56. The summed E-state index contributed by atoms with van der Waals surface area (Å²) >= 11 is 0. The smallest absolute Gasteiger partial charge is 0.295 e. The highest BCUT2D eigenvalue weighted by atomic mass is 19.3. The SMILES string of the molecule is NC(=O)c1nc(C(F)F)n2cc(N3CCOCC3)ccc12. The maximum absolute atomic E-state index is 13.1. The molecule has 3 heterocycles. The lowest BCUT2D eigenvalue weighted by Gasteiger charge is -2.28. The van der Waals surface area contributed by atoms with E-state index in [1.165, 1.54) is 4.40 Å². The van der Waals surface area contributed by atoms with Gasteiger partial charge in [-0.25, -0.2) is 13.8 Å². The molecule has 2 N–H and O–H groups in total. The minimum absolute atomic E-state index is 0.140. The fourth-order valence-electron chi connectivity index (χ4n) is 2.44. The largest absolute Gasteiger partial charge is 0.378 e. The highest BCUT2D eigenvalue weighted by Gasteiger charge is 2.22. The third kappa shape index (κ3) is 2.42. The summed E-state index contributed by atoms with van der Waals surface area (Å²) in [6, 6.07) is 3.35. The Labute approximate surface area is 119 Å². The van der Waals surface area contributed by atoms with Gasteiger partial charge >= 0.3 is 0 Å². The number of aromatic nitrogens is 2. The summed E-state index contributed by atoms with van der Waals surface area (Å²) in [6.07, 6.45) is -1.23. The Bertz CT molecular complexity index is 680. The van der Waals surface area contributed by atoms with Crippen LogP contribution in [-0.2, 0) is 4.74 Å². The van der Waals surface area contributed by atoms with Crippen LogP contribution < -0.4 is 10.6 Å². The van der Waals surface area contributed by atoms with Gasteiger partial charge in [-0.05, 0) is 12.1 Å². The van der Waals surface area contributed by atoms with Gasteiger partial charge in [0.1, 0.15) is 0 Å². The van der Waals surface area contributed by atoms with Crippen molar-refractivity contribution in [2.75, 3.05) is 31.2 Å². The first-order chi connectivity index (χ1) is 10.1. The van der Waals surface area contributed by atoms with Crippen molar-refractivity contribution in [3.8, 4) is 0 Å². The average Bonchev–Trinajstić information content (AvgIpc) is 2.87. The number of alkyl halides is 2. The van der Waals surface area contributed by atoms with Crippen LogP contribution in [-0.4, -0.2) is 41.6 Å². The van der Waals surface area contributed by atoms with E-state index in [4.69, 9.17) is 10.5 Å². The molecule has 112 valence electrons. The molecule has 1 aliphatic heterocycles. The lowest BCUT2D eigenvalue weighted by molar-refractivity contribution is 0.0996. The van der Waals surface area contributed by atoms with Crippen molar-refractivity contribution in [3.63, 3.8) is 0 Å². The molecule has 0 saturated carbocycles. The number of rotatable bonds is 3. The summed E-state index contributed by atoms with van der Waals surface area (Å²) in [4.78, 5) is 17.0. The van der Waals surface area contributed by atoms with Crippen LogP contribution in [0.4, 0.5) is 14.5 Å². The van der Waals surface area contributed by atoms with Crippen LogP contribution in [0.15, 0.2) is 18.3 Å². The molecular weight excluding hydrogens is 282 g/mol. The standard InChI is InChI=1S/C13H14F2N4O2/c14-11(15)13-17-10(12(16)20)9-2-1-8(7-19(9)13)18-3-5-21-6-4-18/h1-2,7,11H,3-6H2,(H2,16,20). The molecule has 6 nitrogen and oxygen atoms in total. The van der Waals surface area contributed by atoms with Crippen LogP contribution in [0.5, 0.6) is 0 Å². The summed E-state index contributed by atoms with van der Waals surface area (Å²) in [5.74, 6) is -1.30. The van der Waals surface area contributed by atoms with E-state index < -0.39 is 18.2 Å². The molecule has 0 aromatic carbocycles. The highest BCUT2D eigenvalue weighted by Crippen LogP contribution is 2.25. The summed E-state index contributed by atoms with van der Waals surface area (Å²) in [7, 11) is 0. The van der Waals surface area contributed by atoms with Gasteiger partial charge in [-0.2, -0.15) is 0 Å². The van der Waals surface area contributed by atoms with Crippen molar-refractivity contribution >= 4 is 17.1 Å². The second-order valence-electron chi connectivity index (χ2n) is 4.73. The van der Waals surface area contributed by atoms with Crippen molar-refractivity contribution in [1.82, 2.24) is 9.38 Å². The van der Waals surface area contributed by atoms with E-state index in [0.717, 1.165) is 5.69 Å². The normalized spacial score (nSPS) is 15.9. The van der Waals surface area contributed by atoms with Gasteiger partial charge in [-0.15, -0.1) is 0 Å². The molecule has 0 aliphatic carbocycles. The monoisotopic (exact) mass is 296 g/mol. The fourth-order valence-corrected chi connectivity index (χ4v) is 2.44. The second-order valence-corrected chi connectivity index (χ2v) is 4.73. The number of morpholine rings is 1. The van der Waals surface area contributed by atoms with Gasteiger partial charge in [0.05, 0.1) is 24.4 Å². The van der Waals surface area contributed by atoms with Crippen molar-refractivity contribution in [2.24, 2.45) is 5.73 Å². The van der Waals surface area contributed by atoms with Crippen LogP contribution in [0, 0.1) is 0 Å². The molecule has 21 heavy (non-hydrogen) atoms. The zero-order valence-corrected chi connectivity index (χ0v) is 11.1. The first kappa shape index (κ1) is 13.7. The van der Waals surface area contributed by atoms with Gasteiger partial charge < -0.3 is 15.4 Å². The second kappa shape index (κ2) is 5.28. The summed E-state index contributed by atoms with van der Waals surface area (Å²) in [5.41, 5.74) is 6.11. The van der Waals surface area contributed by atoms with Crippen LogP contribution in [0.1, 0.15) is 22.7 Å². The van der Waals surface area contributed by atoms with Crippen LogP contribution >= 0.6 is 0 Å². The van der Waals surface area contributed by atoms with Gasteiger partial charge in [0, 0.05) is 19.3 Å². The number of anilines is 1. The number of pyridine rings is 1. The van der Waals surface area contributed by atoms with E-state index in [0.29, 0.717) is 26.3 Å². The quantitative estimate of drug-likeness (QED) is 0.924. The first-order valence-corrected chi connectivity index (χ1v) is 6.50. The number of nitrogens with two attached hydrogens (primary N) is 1. The Balaban J connectivity index is 2.11. The molecule has 0 spiro atoms. The van der Waals surface area contributed by atoms with Crippen LogP contribution in [0.25, 0.3) is 5.52 Å². The molecule has 1 saturated heterocycles. The number of imidazole rings is 1. The molecule has 2 aromatic rings. The number of ether oxygens (including phenoxy) is 1. The van der Waals surface area contributed by atoms with Gasteiger partial charge in [-0.1, -0.05) is 0 Å². The average molecular weight is 296 g/mol. The van der Waals surface area contributed by atoms with E-state index in [2.05, 4.69) is 4.98 Å². The number of primary amides is 1. The Morgan fingerprint density at radius 1 is 1.33 bits per heavy atom. The lowest BCUT2D eigenvalue weighted by Crippen LogP contribution is -2.36. The molecule has 0 bridgehead atoms. The predicted octanol–water partition coefficient (Wildman–Crippen LogP) is 1.21. The van der Waals surface area contributed by atoms with Crippen molar-refractivity contribution in [1.29, 1.82) is 0 Å². The predicted molar refractivity (Wildman–Crippen MR) is 71.7 cm³/mol. The Morgan fingerprint density at radius 3 is 2.67 bits per heavy atom. The minimum Gasteiger partial charge on any atom is -0.378 e. The van der Waals surface area contributed by atoms with Crippen LogP contribution in [0.3, 0.4) is 0 Å². The number of amides is 1. The third-order valence-corrected chi connectivity index (χ3v) is 3.45. The molecule has 1 amide bonds. The van der Waals surface area contributed by atoms with E-state index in [-0.39, 0.29) is 11.2 Å². The zero-order chi connectivity index (χ0) is 15.0. The molecular formula is C13H14F2N4O2. The lowest BCUT2D eigenvalue weighted by atomic mass is 10.2. The number of fused-ring (bicyclic) bond motifs is 1. The summed E-state index contributed by atoms with van der Waals surface area (Å²) in [5, 5.41) is 0. The number of hydrogen-bond acceptors (Lipinski definition) is 4. The maximum Gasteiger partial charge on any atom is 0.295 e. The molecule has 0 atom stereocenters. The van der Waals surface area contributed by atoms with Gasteiger partial charge in [0.2, 0.25) is 0 Å². The fraction of sp³-hybridized carbons (Fsp3) is 0.385. The molecule has 2 aromatic heterocycles. The number of carbonyl (C=O) groups excluding carboxylic acids is 1. The van der Waals surface area contributed by atoms with Crippen molar-refractivity contribution in [3.05, 3.63) is 29.8 Å². The van der Waals surface area contributed by atoms with Gasteiger partial charge in [0.15, 0.2) is 11.5 Å². The van der Waals surface area contributed by atoms with E-state index in [9.17, 15) is 13.6 Å². The highest BCUT2D eigenvalue weighted by molar-refractivity contribution is 5.98. The minimum atomic E-state index is -2.79. The van der Waals surface area contributed by atoms with Crippen molar-refractivity contribution in [2.45, 2.75) is 6.43 Å². The molecule has 3 rings (SSSR count). The molecule has 8 heteroatoms.